The third kappa shape index (κ3) is 5.40. The quantitative estimate of drug-likeness (QED) is 0.562. The van der Waals surface area contributed by atoms with E-state index in [1.54, 1.807) is 55.1 Å². The number of hydrogen-bond acceptors (Lipinski definition) is 4. The van der Waals surface area contributed by atoms with Gasteiger partial charge in [-0.05, 0) is 72.9 Å². The smallest absolute Gasteiger partial charge is 0.253 e. The average molecular weight is 476 g/mol. The first-order valence-electron chi connectivity index (χ1n) is 11.5. The Kier molecular flexibility index (Phi) is 6.70. The second-order valence-corrected chi connectivity index (χ2v) is 9.67. The lowest BCUT2D eigenvalue weighted by molar-refractivity contribution is 0.0788. The van der Waals surface area contributed by atoms with Crippen LogP contribution in [0, 0.1) is 23.0 Å². The maximum atomic E-state index is 15.3. The van der Waals surface area contributed by atoms with E-state index in [-0.39, 0.29) is 29.5 Å². The molecule has 5 nitrogen and oxygen atoms in total. The van der Waals surface area contributed by atoms with Gasteiger partial charge in [0.05, 0.1) is 11.2 Å². The molecule has 3 aromatic carbocycles. The first-order valence-corrected chi connectivity index (χ1v) is 11.5. The van der Waals surface area contributed by atoms with E-state index in [1.165, 1.54) is 18.2 Å². The number of nitrogens with two attached hydrogens (primary N) is 1. The molecule has 4 rings (SSSR count). The Morgan fingerprint density at radius 2 is 1.89 bits per heavy atom. The van der Waals surface area contributed by atoms with E-state index in [1.807, 2.05) is 6.07 Å². The number of aliphatic hydroxyl groups is 1. The lowest BCUT2D eigenvalue weighted by Gasteiger charge is -2.19. The molecular formula is C28H27F2N3O2. The molecule has 3 aromatic rings. The van der Waals surface area contributed by atoms with E-state index in [4.69, 9.17) is 5.73 Å². The number of hydrogen-bond donors (Lipinski definition) is 2. The lowest BCUT2D eigenvalue weighted by atomic mass is 9.90. The largest absolute Gasteiger partial charge is 0.390 e. The minimum Gasteiger partial charge on any atom is -0.390 e. The molecule has 1 aliphatic rings. The van der Waals surface area contributed by atoms with Gasteiger partial charge in [0.25, 0.3) is 5.91 Å². The molecule has 0 saturated carbocycles. The van der Waals surface area contributed by atoms with Crippen molar-refractivity contribution in [3.8, 4) is 28.3 Å². The Labute approximate surface area is 203 Å². The van der Waals surface area contributed by atoms with Crippen molar-refractivity contribution in [2.75, 3.05) is 13.1 Å². The van der Waals surface area contributed by atoms with Crippen LogP contribution < -0.4 is 5.73 Å². The summed E-state index contributed by atoms with van der Waals surface area (Å²) in [4.78, 5) is 14.7. The normalized spacial score (nSPS) is 15.8. The van der Waals surface area contributed by atoms with Gasteiger partial charge in [0.2, 0.25) is 0 Å². The Morgan fingerprint density at radius 3 is 2.51 bits per heavy atom. The van der Waals surface area contributed by atoms with Gasteiger partial charge in [0, 0.05) is 36.7 Å². The number of carbonyl (C=O) groups is 1. The summed E-state index contributed by atoms with van der Waals surface area (Å²) in [6.45, 7) is 4.32. The van der Waals surface area contributed by atoms with Crippen LogP contribution in [0.15, 0.2) is 54.6 Å². The highest BCUT2D eigenvalue weighted by Crippen LogP contribution is 2.36. The van der Waals surface area contributed by atoms with E-state index < -0.39 is 17.2 Å². The molecule has 1 atom stereocenters. The van der Waals surface area contributed by atoms with Crippen LogP contribution in [0.2, 0.25) is 0 Å². The Hall–Kier alpha value is -3.60. The van der Waals surface area contributed by atoms with Crippen molar-refractivity contribution in [2.45, 2.75) is 38.3 Å². The summed E-state index contributed by atoms with van der Waals surface area (Å²) in [7, 11) is 0. The number of nitrogens with zero attached hydrogens (tertiary/aromatic N) is 2. The summed E-state index contributed by atoms with van der Waals surface area (Å²) in [6, 6.07) is 15.6. The zero-order valence-corrected chi connectivity index (χ0v) is 19.7. The predicted molar refractivity (Wildman–Crippen MR) is 130 cm³/mol. The number of amides is 1. The van der Waals surface area contributed by atoms with Gasteiger partial charge in [-0.15, -0.1) is 0 Å². The van der Waals surface area contributed by atoms with E-state index in [0.29, 0.717) is 40.9 Å². The highest BCUT2D eigenvalue weighted by atomic mass is 19.1. The summed E-state index contributed by atoms with van der Waals surface area (Å²) in [5, 5.41) is 19.4. The fourth-order valence-electron chi connectivity index (χ4n) is 4.48. The molecule has 1 saturated heterocycles. The predicted octanol–water partition coefficient (Wildman–Crippen LogP) is 4.66. The summed E-state index contributed by atoms with van der Waals surface area (Å²) in [5.74, 6) is -1.45. The molecule has 35 heavy (non-hydrogen) atoms. The summed E-state index contributed by atoms with van der Waals surface area (Å²) < 4.78 is 30.0. The molecule has 7 heteroatoms. The molecule has 1 unspecified atom stereocenters. The molecule has 0 aliphatic carbocycles. The number of halogens is 2. The minimum absolute atomic E-state index is 0.0521. The molecule has 180 valence electrons. The number of nitriles is 1. The maximum absolute atomic E-state index is 15.3. The van der Waals surface area contributed by atoms with E-state index in [0.717, 1.165) is 6.42 Å². The lowest BCUT2D eigenvalue weighted by Crippen LogP contribution is -2.31. The first kappa shape index (κ1) is 24.5. The van der Waals surface area contributed by atoms with Crippen LogP contribution in [0.3, 0.4) is 0 Å². The monoisotopic (exact) mass is 475 g/mol. The maximum Gasteiger partial charge on any atom is 0.253 e. The molecule has 1 heterocycles. The van der Waals surface area contributed by atoms with Gasteiger partial charge in [-0.1, -0.05) is 24.3 Å². The number of likely N-dealkylation sites (tertiary alicyclic amines) is 1. The van der Waals surface area contributed by atoms with Gasteiger partial charge in [-0.25, -0.2) is 8.78 Å². The first-order chi connectivity index (χ1) is 16.6. The van der Waals surface area contributed by atoms with Gasteiger partial charge in [0.15, 0.2) is 0 Å². The number of carbonyl (C=O) groups excluding carboxylic acids is 1. The Bertz CT molecular complexity index is 1320. The molecule has 1 aliphatic heterocycles. The third-order valence-electron chi connectivity index (χ3n) is 6.12. The topological polar surface area (TPSA) is 90.3 Å². The zero-order valence-electron chi connectivity index (χ0n) is 19.7. The fraction of sp³-hybridized carbons (Fsp3) is 0.286. The van der Waals surface area contributed by atoms with Gasteiger partial charge < -0.3 is 15.7 Å². The second kappa shape index (κ2) is 9.57. The average Bonchev–Trinajstić information content (AvgIpc) is 3.24. The van der Waals surface area contributed by atoms with Gasteiger partial charge in [0.1, 0.15) is 17.7 Å². The molecule has 1 amide bonds. The van der Waals surface area contributed by atoms with Crippen LogP contribution in [0.25, 0.3) is 22.3 Å². The van der Waals surface area contributed by atoms with Crippen molar-refractivity contribution < 1.29 is 18.7 Å². The summed E-state index contributed by atoms with van der Waals surface area (Å²) in [5.41, 5.74) is 7.18. The van der Waals surface area contributed by atoms with Crippen molar-refractivity contribution in [3.63, 3.8) is 0 Å². The summed E-state index contributed by atoms with van der Waals surface area (Å²) in [6.07, 6.45) is 0.993. The van der Waals surface area contributed by atoms with E-state index in [9.17, 15) is 19.6 Å². The molecule has 1 fully saturated rings. The SMILES string of the molecule is CC(C)(O)Cc1ccc(-c2cc(C#N)c(F)cc2-c2cccc(C(=O)N3CCC(N)C3)c2)c(F)c1. The van der Waals surface area contributed by atoms with Crippen molar-refractivity contribution in [1.82, 2.24) is 4.90 Å². The Balaban J connectivity index is 1.79. The Morgan fingerprint density at radius 1 is 1.11 bits per heavy atom. The number of benzene rings is 3. The van der Waals surface area contributed by atoms with Crippen LogP contribution in [-0.2, 0) is 6.42 Å². The van der Waals surface area contributed by atoms with Crippen molar-refractivity contribution in [3.05, 3.63) is 82.9 Å². The second-order valence-electron chi connectivity index (χ2n) is 9.67. The highest BCUT2D eigenvalue weighted by molar-refractivity contribution is 5.96. The standard InChI is InChI=1S/C28H27F2N3O2/c1-28(2,35)14-17-6-7-22(26(30)10-17)24-12-20(15-31)25(29)13-23(24)18-4-3-5-19(11-18)27(34)33-9-8-21(32)16-33/h3-7,10-13,21,35H,8-9,14,16,32H2,1-2H3. The summed E-state index contributed by atoms with van der Waals surface area (Å²) >= 11 is 0. The van der Waals surface area contributed by atoms with Gasteiger partial charge in [-0.3, -0.25) is 4.79 Å². The van der Waals surface area contributed by atoms with Crippen molar-refractivity contribution in [2.24, 2.45) is 5.73 Å². The van der Waals surface area contributed by atoms with E-state index >= 15 is 4.39 Å². The van der Waals surface area contributed by atoms with Crippen LogP contribution in [0.4, 0.5) is 8.78 Å². The zero-order chi connectivity index (χ0) is 25.3. The van der Waals surface area contributed by atoms with Crippen LogP contribution >= 0.6 is 0 Å². The number of rotatable bonds is 5. The van der Waals surface area contributed by atoms with Gasteiger partial charge >= 0.3 is 0 Å². The van der Waals surface area contributed by atoms with Crippen LogP contribution in [0.5, 0.6) is 0 Å². The van der Waals surface area contributed by atoms with Crippen molar-refractivity contribution in [1.29, 1.82) is 5.26 Å². The van der Waals surface area contributed by atoms with Gasteiger partial charge in [-0.2, -0.15) is 5.26 Å². The van der Waals surface area contributed by atoms with Crippen LogP contribution in [-0.4, -0.2) is 40.6 Å². The van der Waals surface area contributed by atoms with Crippen molar-refractivity contribution >= 4 is 5.91 Å². The van der Waals surface area contributed by atoms with E-state index in [2.05, 4.69) is 0 Å². The fourth-order valence-corrected chi connectivity index (χ4v) is 4.48. The highest BCUT2D eigenvalue weighted by Gasteiger charge is 2.25. The van der Waals surface area contributed by atoms with Crippen LogP contribution in [0.1, 0.15) is 41.8 Å². The molecule has 0 radical (unpaired) electrons. The molecule has 3 N–H and O–H groups in total. The molecule has 0 spiro atoms. The minimum atomic E-state index is -1.00. The molecule has 0 aromatic heterocycles. The molecular weight excluding hydrogens is 448 g/mol. The third-order valence-corrected chi connectivity index (χ3v) is 6.12. The molecule has 0 bridgehead atoms.